The van der Waals surface area contributed by atoms with Gasteiger partial charge < -0.3 is 21.7 Å². The normalized spacial score (nSPS) is 21.7. The maximum atomic E-state index is 11.7. The largest absolute Gasteiger partial charge is 0.370 e. The Bertz CT molecular complexity index is 337. The van der Waals surface area contributed by atoms with Gasteiger partial charge >= 0.3 is 6.03 Å². The van der Waals surface area contributed by atoms with Gasteiger partial charge in [0.1, 0.15) is 0 Å². The van der Waals surface area contributed by atoms with E-state index in [1.54, 1.807) is 0 Å². The van der Waals surface area contributed by atoms with Crippen LogP contribution in [0.4, 0.5) is 4.79 Å². The van der Waals surface area contributed by atoms with Crippen LogP contribution in [0.25, 0.3) is 0 Å². The van der Waals surface area contributed by atoms with E-state index in [9.17, 15) is 9.59 Å². The predicted molar refractivity (Wildman–Crippen MR) is 74.7 cm³/mol. The number of nitrogens with one attached hydrogen (secondary N) is 3. The Labute approximate surface area is 114 Å². The van der Waals surface area contributed by atoms with Gasteiger partial charge in [0.2, 0.25) is 5.91 Å². The second kappa shape index (κ2) is 5.77. The third kappa shape index (κ3) is 5.92. The molecule has 1 fully saturated rings. The van der Waals surface area contributed by atoms with Gasteiger partial charge in [0, 0.05) is 30.1 Å². The number of amides is 3. The molecule has 6 heteroatoms. The summed E-state index contributed by atoms with van der Waals surface area (Å²) in [6.07, 6.45) is 1.91. The van der Waals surface area contributed by atoms with E-state index in [1.807, 2.05) is 0 Å². The van der Waals surface area contributed by atoms with Gasteiger partial charge in [0.25, 0.3) is 0 Å². The number of piperidine rings is 1. The maximum absolute atomic E-state index is 11.7. The lowest BCUT2D eigenvalue weighted by atomic mass is 9.80. The van der Waals surface area contributed by atoms with E-state index in [1.165, 1.54) is 0 Å². The topological polar surface area (TPSA) is 96.2 Å². The molecule has 0 aromatic heterocycles. The smallest absolute Gasteiger partial charge is 0.315 e. The number of carbonyl (C=O) groups excluding carboxylic acids is 2. The number of carbonyl (C=O) groups is 2. The van der Waals surface area contributed by atoms with Gasteiger partial charge in [-0.1, -0.05) is 0 Å². The van der Waals surface area contributed by atoms with Gasteiger partial charge in [-0.25, -0.2) is 4.79 Å². The van der Waals surface area contributed by atoms with E-state index < -0.39 is 5.91 Å². The van der Waals surface area contributed by atoms with Crippen LogP contribution in [0.1, 0.15) is 47.0 Å². The third-order valence-corrected chi connectivity index (χ3v) is 3.18. The Morgan fingerprint density at radius 3 is 2.21 bits per heavy atom. The van der Waals surface area contributed by atoms with Crippen molar-refractivity contribution in [2.24, 2.45) is 5.73 Å². The van der Waals surface area contributed by atoms with Gasteiger partial charge in [-0.2, -0.15) is 0 Å². The highest BCUT2D eigenvalue weighted by atomic mass is 16.2. The van der Waals surface area contributed by atoms with E-state index >= 15 is 0 Å². The van der Waals surface area contributed by atoms with Gasteiger partial charge in [0.05, 0.1) is 0 Å². The molecule has 6 nitrogen and oxygen atoms in total. The lowest BCUT2D eigenvalue weighted by Crippen LogP contribution is -2.62. The van der Waals surface area contributed by atoms with E-state index in [4.69, 9.17) is 5.73 Å². The molecule has 0 aromatic rings. The van der Waals surface area contributed by atoms with Gasteiger partial charge in [-0.3, -0.25) is 4.79 Å². The zero-order chi connectivity index (χ0) is 14.7. The lowest BCUT2D eigenvalue weighted by Gasteiger charge is -2.46. The molecule has 1 saturated heterocycles. The molecular weight excluding hydrogens is 244 g/mol. The average Bonchev–Trinajstić information content (AvgIpc) is 2.10. The Morgan fingerprint density at radius 1 is 1.21 bits per heavy atom. The summed E-state index contributed by atoms with van der Waals surface area (Å²) in [5.41, 5.74) is 5.00. The molecule has 0 aromatic carbocycles. The minimum absolute atomic E-state index is 0.00702. The van der Waals surface area contributed by atoms with Gasteiger partial charge in [-0.05, 0) is 40.5 Å². The molecule has 1 rings (SSSR count). The van der Waals surface area contributed by atoms with Crippen LogP contribution in [0, 0.1) is 0 Å². The molecule has 19 heavy (non-hydrogen) atoms. The summed E-state index contributed by atoms with van der Waals surface area (Å²) in [7, 11) is 0. The summed E-state index contributed by atoms with van der Waals surface area (Å²) in [6, 6.07) is -0.112. The predicted octanol–water partition coefficient (Wildman–Crippen LogP) is 0.470. The van der Waals surface area contributed by atoms with E-state index in [0.717, 1.165) is 12.8 Å². The fraction of sp³-hybridized carbons (Fsp3) is 0.846. The van der Waals surface area contributed by atoms with Crippen molar-refractivity contribution in [3.63, 3.8) is 0 Å². The van der Waals surface area contributed by atoms with Crippen molar-refractivity contribution in [1.82, 2.24) is 16.0 Å². The summed E-state index contributed by atoms with van der Waals surface area (Å²) in [4.78, 5) is 22.3. The number of hydrogen-bond donors (Lipinski definition) is 4. The molecule has 0 radical (unpaired) electrons. The molecule has 1 aliphatic heterocycles. The summed E-state index contributed by atoms with van der Waals surface area (Å²) < 4.78 is 0. The van der Waals surface area contributed by atoms with Crippen LogP contribution in [0.3, 0.4) is 0 Å². The Balaban J connectivity index is 2.43. The zero-order valence-electron chi connectivity index (χ0n) is 12.3. The van der Waals surface area contributed by atoms with Crippen LogP contribution in [-0.4, -0.2) is 35.6 Å². The van der Waals surface area contributed by atoms with Crippen molar-refractivity contribution in [2.45, 2.75) is 64.1 Å². The third-order valence-electron chi connectivity index (χ3n) is 3.18. The monoisotopic (exact) mass is 270 g/mol. The average molecular weight is 270 g/mol. The second-order valence-corrected chi connectivity index (χ2v) is 6.61. The molecule has 3 amide bonds. The number of rotatable bonds is 4. The van der Waals surface area contributed by atoms with Crippen LogP contribution in [0.5, 0.6) is 0 Å². The highest BCUT2D eigenvalue weighted by Gasteiger charge is 2.38. The summed E-state index contributed by atoms with van der Waals surface area (Å²) in [5, 5.41) is 9.17. The van der Waals surface area contributed by atoms with Crippen molar-refractivity contribution >= 4 is 11.9 Å². The first-order valence-electron chi connectivity index (χ1n) is 6.72. The van der Waals surface area contributed by atoms with E-state index in [2.05, 4.69) is 43.6 Å². The first-order valence-corrected chi connectivity index (χ1v) is 6.72. The first kappa shape index (κ1) is 15.8. The summed E-state index contributed by atoms with van der Waals surface area (Å²) in [6.45, 7) is 8.81. The molecule has 0 saturated carbocycles. The molecule has 0 unspecified atom stereocenters. The molecule has 0 aliphatic carbocycles. The zero-order valence-corrected chi connectivity index (χ0v) is 12.3. The quantitative estimate of drug-likeness (QED) is 0.598. The van der Waals surface area contributed by atoms with Crippen LogP contribution in [0.15, 0.2) is 0 Å². The minimum Gasteiger partial charge on any atom is -0.370 e. The standard InChI is InChI=1S/C13H26N4O2/c1-12(2)7-9(8-13(3,4)17-12)16-11(19)15-6-5-10(14)18/h9,17H,5-8H2,1-4H3,(H2,14,18)(H2,15,16,19). The van der Waals surface area contributed by atoms with Crippen molar-refractivity contribution in [3.8, 4) is 0 Å². The van der Waals surface area contributed by atoms with Crippen LogP contribution >= 0.6 is 0 Å². The molecule has 1 aliphatic rings. The number of primary amides is 1. The fourth-order valence-electron chi connectivity index (χ4n) is 2.96. The first-order chi connectivity index (χ1) is 8.60. The molecule has 110 valence electrons. The maximum Gasteiger partial charge on any atom is 0.315 e. The molecule has 0 bridgehead atoms. The number of nitrogens with two attached hydrogens (primary N) is 1. The highest BCUT2D eigenvalue weighted by Crippen LogP contribution is 2.28. The van der Waals surface area contributed by atoms with Crippen molar-refractivity contribution in [2.75, 3.05) is 6.54 Å². The highest BCUT2D eigenvalue weighted by molar-refractivity contribution is 5.77. The van der Waals surface area contributed by atoms with Crippen molar-refractivity contribution < 1.29 is 9.59 Å². The van der Waals surface area contributed by atoms with Gasteiger partial charge in [0.15, 0.2) is 0 Å². The molecule has 5 N–H and O–H groups in total. The van der Waals surface area contributed by atoms with E-state index in [-0.39, 0.29) is 36.1 Å². The number of urea groups is 1. The Morgan fingerprint density at radius 2 is 1.74 bits per heavy atom. The van der Waals surface area contributed by atoms with Gasteiger partial charge in [-0.15, -0.1) is 0 Å². The SMILES string of the molecule is CC1(C)CC(NC(=O)NCCC(N)=O)CC(C)(C)N1. The second-order valence-electron chi connectivity index (χ2n) is 6.61. The summed E-state index contributed by atoms with van der Waals surface area (Å²) >= 11 is 0. The molecule has 0 spiro atoms. The van der Waals surface area contributed by atoms with Crippen LogP contribution in [0.2, 0.25) is 0 Å². The minimum atomic E-state index is -0.413. The van der Waals surface area contributed by atoms with Crippen molar-refractivity contribution in [3.05, 3.63) is 0 Å². The fourth-order valence-corrected chi connectivity index (χ4v) is 2.96. The Kier molecular flexibility index (Phi) is 4.79. The molecular formula is C13H26N4O2. The molecule has 1 heterocycles. The summed E-state index contributed by atoms with van der Waals surface area (Å²) in [5.74, 6) is -0.413. The Hall–Kier alpha value is -1.30. The number of hydrogen-bond acceptors (Lipinski definition) is 3. The van der Waals surface area contributed by atoms with Crippen molar-refractivity contribution in [1.29, 1.82) is 0 Å². The molecule has 0 atom stereocenters. The van der Waals surface area contributed by atoms with Crippen LogP contribution < -0.4 is 21.7 Å². The van der Waals surface area contributed by atoms with E-state index in [0.29, 0.717) is 0 Å². The van der Waals surface area contributed by atoms with Crippen LogP contribution in [-0.2, 0) is 4.79 Å². The lowest BCUT2D eigenvalue weighted by molar-refractivity contribution is -0.117.